The second-order valence-electron chi connectivity index (χ2n) is 5.57. The van der Waals surface area contributed by atoms with Crippen LogP contribution in [-0.4, -0.2) is 27.7 Å². The predicted octanol–water partition coefficient (Wildman–Crippen LogP) is 0.993. The van der Waals surface area contributed by atoms with Crippen molar-refractivity contribution in [3.05, 3.63) is 29.3 Å². The van der Waals surface area contributed by atoms with E-state index >= 15 is 0 Å². The molecule has 0 spiro atoms. The van der Waals surface area contributed by atoms with Crippen LogP contribution in [0.1, 0.15) is 24.5 Å². The van der Waals surface area contributed by atoms with Gasteiger partial charge in [-0.3, -0.25) is 0 Å². The Morgan fingerprint density at radius 1 is 1.35 bits per heavy atom. The molecule has 2 N–H and O–H groups in total. The monoisotopic (exact) mass is 296 g/mol. The van der Waals surface area contributed by atoms with Gasteiger partial charge in [0.2, 0.25) is 10.0 Å². The van der Waals surface area contributed by atoms with E-state index in [4.69, 9.17) is 4.74 Å². The van der Waals surface area contributed by atoms with E-state index in [-0.39, 0.29) is 12.0 Å². The van der Waals surface area contributed by atoms with Gasteiger partial charge in [-0.25, -0.2) is 13.1 Å². The van der Waals surface area contributed by atoms with Gasteiger partial charge >= 0.3 is 0 Å². The fourth-order valence-electron chi connectivity index (χ4n) is 2.79. The lowest BCUT2D eigenvalue weighted by Gasteiger charge is -2.19. The quantitative estimate of drug-likeness (QED) is 0.869. The minimum atomic E-state index is -3.45. The molecule has 1 aromatic carbocycles. The number of rotatable bonds is 4. The average molecular weight is 296 g/mol. The Labute approximate surface area is 119 Å². The lowest BCUT2D eigenvalue weighted by molar-refractivity contribution is 0.180. The van der Waals surface area contributed by atoms with Crippen molar-refractivity contribution in [3.8, 4) is 0 Å². The van der Waals surface area contributed by atoms with E-state index < -0.39 is 10.0 Å². The van der Waals surface area contributed by atoms with Gasteiger partial charge in [0.05, 0.1) is 11.5 Å². The molecule has 1 saturated heterocycles. The van der Waals surface area contributed by atoms with Crippen molar-refractivity contribution < 1.29 is 13.2 Å². The molecule has 2 aliphatic heterocycles. The van der Waals surface area contributed by atoms with Crippen LogP contribution >= 0.6 is 0 Å². The third-order valence-corrected chi connectivity index (χ3v) is 5.69. The topological polar surface area (TPSA) is 67.4 Å². The summed E-state index contributed by atoms with van der Waals surface area (Å²) in [5.74, 6) is 0.265. The Morgan fingerprint density at radius 3 is 2.90 bits per heavy atom. The summed E-state index contributed by atoms with van der Waals surface area (Å²) >= 11 is 0. The first-order chi connectivity index (χ1) is 9.56. The van der Waals surface area contributed by atoms with Crippen LogP contribution in [0.15, 0.2) is 23.1 Å². The summed E-state index contributed by atoms with van der Waals surface area (Å²) in [5, 5.41) is 3.22. The third kappa shape index (κ3) is 2.74. The zero-order valence-corrected chi connectivity index (χ0v) is 12.4. The normalized spacial score (nSPS) is 23.8. The minimum Gasteiger partial charge on any atom is -0.381 e. The maximum Gasteiger partial charge on any atom is 0.240 e. The SMILES string of the molecule is CC(NS(=O)(=O)c1ccc2c(c1)CNC2)C1CCOC1. The lowest BCUT2D eigenvalue weighted by atomic mass is 10.0. The number of nitrogens with one attached hydrogen (secondary N) is 2. The van der Waals surface area contributed by atoms with E-state index in [1.807, 2.05) is 13.0 Å². The van der Waals surface area contributed by atoms with Gasteiger partial charge in [0, 0.05) is 31.7 Å². The van der Waals surface area contributed by atoms with Gasteiger partial charge in [0.1, 0.15) is 0 Å². The van der Waals surface area contributed by atoms with Crippen molar-refractivity contribution in [2.24, 2.45) is 5.92 Å². The molecule has 0 amide bonds. The summed E-state index contributed by atoms with van der Waals surface area (Å²) < 4.78 is 32.9. The molecule has 110 valence electrons. The van der Waals surface area contributed by atoms with Crippen LogP contribution in [0.5, 0.6) is 0 Å². The first-order valence-electron chi connectivity index (χ1n) is 6.99. The Bertz CT molecular complexity index is 594. The molecule has 0 radical (unpaired) electrons. The van der Waals surface area contributed by atoms with Crippen LogP contribution in [0.4, 0.5) is 0 Å². The molecule has 3 rings (SSSR count). The van der Waals surface area contributed by atoms with Crippen LogP contribution in [0, 0.1) is 5.92 Å². The highest BCUT2D eigenvalue weighted by molar-refractivity contribution is 7.89. The number of hydrogen-bond acceptors (Lipinski definition) is 4. The van der Waals surface area contributed by atoms with Crippen LogP contribution in [0.3, 0.4) is 0 Å². The molecule has 0 aromatic heterocycles. The van der Waals surface area contributed by atoms with Gasteiger partial charge in [-0.2, -0.15) is 0 Å². The van der Waals surface area contributed by atoms with Crippen molar-refractivity contribution >= 4 is 10.0 Å². The average Bonchev–Trinajstić information content (AvgIpc) is 3.08. The minimum absolute atomic E-state index is 0.103. The van der Waals surface area contributed by atoms with E-state index in [9.17, 15) is 8.42 Å². The molecule has 2 atom stereocenters. The lowest BCUT2D eigenvalue weighted by Crippen LogP contribution is -2.38. The number of fused-ring (bicyclic) bond motifs is 1. The molecule has 6 heteroatoms. The molecule has 0 saturated carbocycles. The Balaban J connectivity index is 1.77. The highest BCUT2D eigenvalue weighted by atomic mass is 32.2. The zero-order valence-electron chi connectivity index (χ0n) is 11.6. The fourth-order valence-corrected chi connectivity index (χ4v) is 4.16. The van der Waals surface area contributed by atoms with Gasteiger partial charge in [0.25, 0.3) is 0 Å². The van der Waals surface area contributed by atoms with Gasteiger partial charge in [-0.1, -0.05) is 6.07 Å². The van der Waals surface area contributed by atoms with Gasteiger partial charge in [0.15, 0.2) is 0 Å². The number of benzene rings is 1. The van der Waals surface area contributed by atoms with Crippen molar-refractivity contribution in [2.75, 3.05) is 13.2 Å². The Kier molecular flexibility index (Phi) is 3.81. The fraction of sp³-hybridized carbons (Fsp3) is 0.571. The van der Waals surface area contributed by atoms with Crippen LogP contribution in [-0.2, 0) is 27.8 Å². The van der Waals surface area contributed by atoms with E-state index in [1.165, 1.54) is 5.56 Å². The zero-order chi connectivity index (χ0) is 14.2. The maximum absolute atomic E-state index is 12.4. The van der Waals surface area contributed by atoms with Gasteiger partial charge in [-0.15, -0.1) is 0 Å². The Morgan fingerprint density at radius 2 is 2.15 bits per heavy atom. The third-order valence-electron chi connectivity index (χ3n) is 4.13. The summed E-state index contributed by atoms with van der Waals surface area (Å²) in [6.45, 7) is 4.83. The molecule has 2 aliphatic rings. The van der Waals surface area contributed by atoms with E-state index in [0.717, 1.165) is 31.7 Å². The van der Waals surface area contributed by atoms with Crippen molar-refractivity contribution in [2.45, 2.75) is 37.4 Å². The largest absolute Gasteiger partial charge is 0.381 e. The molecule has 0 bridgehead atoms. The van der Waals surface area contributed by atoms with Crippen LogP contribution in [0.25, 0.3) is 0 Å². The summed E-state index contributed by atoms with van der Waals surface area (Å²) in [7, 11) is -3.45. The summed E-state index contributed by atoms with van der Waals surface area (Å²) in [4.78, 5) is 0.353. The molecular formula is C14H20N2O3S. The molecule has 5 nitrogen and oxygen atoms in total. The van der Waals surface area contributed by atoms with Crippen molar-refractivity contribution in [3.63, 3.8) is 0 Å². The van der Waals surface area contributed by atoms with Crippen molar-refractivity contribution in [1.29, 1.82) is 0 Å². The van der Waals surface area contributed by atoms with Crippen LogP contribution in [0.2, 0.25) is 0 Å². The Hall–Kier alpha value is -0.950. The maximum atomic E-state index is 12.4. The van der Waals surface area contributed by atoms with Crippen LogP contribution < -0.4 is 10.0 Å². The number of sulfonamides is 1. The summed E-state index contributed by atoms with van der Waals surface area (Å²) in [6, 6.07) is 5.25. The molecule has 1 aromatic rings. The second kappa shape index (κ2) is 5.44. The smallest absolute Gasteiger partial charge is 0.240 e. The first kappa shape index (κ1) is 14.0. The summed E-state index contributed by atoms with van der Waals surface area (Å²) in [5.41, 5.74) is 2.26. The van der Waals surface area contributed by atoms with Gasteiger partial charge < -0.3 is 10.1 Å². The molecular weight excluding hydrogens is 276 g/mol. The predicted molar refractivity (Wildman–Crippen MR) is 75.7 cm³/mol. The number of ether oxygens (including phenoxy) is 1. The molecule has 2 heterocycles. The second-order valence-corrected chi connectivity index (χ2v) is 7.28. The van der Waals surface area contributed by atoms with E-state index in [1.54, 1.807) is 12.1 Å². The van der Waals surface area contributed by atoms with E-state index in [0.29, 0.717) is 11.5 Å². The molecule has 1 fully saturated rings. The highest BCUT2D eigenvalue weighted by Gasteiger charge is 2.27. The van der Waals surface area contributed by atoms with Gasteiger partial charge in [-0.05, 0) is 36.6 Å². The van der Waals surface area contributed by atoms with Crippen molar-refractivity contribution in [1.82, 2.24) is 10.0 Å². The highest BCUT2D eigenvalue weighted by Crippen LogP contribution is 2.22. The molecule has 0 aliphatic carbocycles. The summed E-state index contributed by atoms with van der Waals surface area (Å²) in [6.07, 6.45) is 0.914. The molecule has 2 unspecified atom stereocenters. The van der Waals surface area contributed by atoms with E-state index in [2.05, 4.69) is 10.0 Å². The standard InChI is InChI=1S/C14H20N2O3S/c1-10(12-4-5-19-9-12)16-20(17,18)14-3-2-11-7-15-8-13(11)6-14/h2-3,6,10,12,15-16H,4-5,7-9H2,1H3. The molecule has 20 heavy (non-hydrogen) atoms. The number of hydrogen-bond donors (Lipinski definition) is 2. The first-order valence-corrected chi connectivity index (χ1v) is 8.47.